The van der Waals surface area contributed by atoms with Crippen LogP contribution in [0.15, 0.2) is 82.0 Å². The van der Waals surface area contributed by atoms with Gasteiger partial charge in [0.15, 0.2) is 0 Å². The van der Waals surface area contributed by atoms with Crippen molar-refractivity contribution in [2.45, 2.75) is 11.8 Å². The SMILES string of the molecule is Cc1cc(F)ccc1-c1ccc(/N=N/c2cc(S(=O)(=O)O)c3ccccc3c2N)cn1.[NaH]. The molecule has 0 amide bonds. The van der Waals surface area contributed by atoms with Gasteiger partial charge in [0.2, 0.25) is 0 Å². The van der Waals surface area contributed by atoms with Crippen LogP contribution >= 0.6 is 0 Å². The van der Waals surface area contributed by atoms with Gasteiger partial charge in [-0.25, -0.2) is 4.39 Å². The van der Waals surface area contributed by atoms with Crippen molar-refractivity contribution in [3.63, 3.8) is 0 Å². The monoisotopic (exact) mass is 460 g/mol. The molecule has 0 aliphatic heterocycles. The van der Waals surface area contributed by atoms with Crippen molar-refractivity contribution < 1.29 is 17.4 Å². The molecular weight excluding hydrogens is 442 g/mol. The number of hydrogen-bond donors (Lipinski definition) is 2. The molecule has 3 N–H and O–H groups in total. The number of aromatic nitrogens is 1. The van der Waals surface area contributed by atoms with Crippen LogP contribution in [0.25, 0.3) is 22.0 Å². The number of nitrogens with zero attached hydrogens (tertiary/aromatic N) is 3. The van der Waals surface area contributed by atoms with E-state index in [9.17, 15) is 17.4 Å². The van der Waals surface area contributed by atoms with Crippen LogP contribution < -0.4 is 5.73 Å². The normalized spacial score (nSPS) is 11.6. The minimum absolute atomic E-state index is 0. The third kappa shape index (κ3) is 4.87. The van der Waals surface area contributed by atoms with E-state index in [1.807, 2.05) is 0 Å². The fraction of sp³-hybridized carbons (Fsp3) is 0.0455. The summed E-state index contributed by atoms with van der Waals surface area (Å²) in [7, 11) is -4.49. The second-order valence-electron chi connectivity index (χ2n) is 6.89. The van der Waals surface area contributed by atoms with Crippen LogP contribution in [0.2, 0.25) is 0 Å². The minimum atomic E-state index is -4.49. The molecule has 0 saturated heterocycles. The number of anilines is 1. The van der Waals surface area contributed by atoms with E-state index in [1.165, 1.54) is 24.4 Å². The van der Waals surface area contributed by atoms with Gasteiger partial charge in [-0.2, -0.15) is 8.42 Å². The van der Waals surface area contributed by atoms with Crippen molar-refractivity contribution in [1.29, 1.82) is 0 Å². The summed E-state index contributed by atoms with van der Waals surface area (Å²) < 4.78 is 46.5. The fourth-order valence-electron chi connectivity index (χ4n) is 3.28. The fourth-order valence-corrected chi connectivity index (χ4v) is 3.99. The summed E-state index contributed by atoms with van der Waals surface area (Å²) >= 11 is 0. The summed E-state index contributed by atoms with van der Waals surface area (Å²) in [6, 6.07) is 15.6. The number of fused-ring (bicyclic) bond motifs is 1. The van der Waals surface area contributed by atoms with Crippen molar-refractivity contribution in [2.75, 3.05) is 5.73 Å². The van der Waals surface area contributed by atoms with E-state index in [1.54, 1.807) is 49.4 Å². The van der Waals surface area contributed by atoms with Gasteiger partial charge in [0.25, 0.3) is 10.1 Å². The van der Waals surface area contributed by atoms with Gasteiger partial charge in [0.1, 0.15) is 22.1 Å². The molecule has 0 spiro atoms. The van der Waals surface area contributed by atoms with Gasteiger partial charge < -0.3 is 5.73 Å². The molecule has 0 atom stereocenters. The summed E-state index contributed by atoms with van der Waals surface area (Å²) in [5.41, 5.74) is 9.09. The number of aryl methyl sites for hydroxylation is 1. The van der Waals surface area contributed by atoms with Gasteiger partial charge in [-0.15, -0.1) is 10.2 Å². The molecular formula is C22H18FN4NaO3S. The molecule has 158 valence electrons. The first-order valence-electron chi connectivity index (χ1n) is 9.17. The standard InChI is InChI=1S/C22H17FN4O3S.Na.H/c1-13-10-14(23)6-8-16(13)19-9-7-15(12-25-19)26-27-20-11-21(31(28,29)30)17-4-2-3-5-18(17)22(20)24;;/h2-12H,24H2,1H3,(H,28,29,30);;/b27-26+;;. The number of rotatable bonds is 4. The Labute approximate surface area is 206 Å². The molecule has 4 aromatic rings. The number of pyridine rings is 1. The molecule has 1 aromatic heterocycles. The predicted molar refractivity (Wildman–Crippen MR) is 124 cm³/mol. The maximum absolute atomic E-state index is 13.3. The van der Waals surface area contributed by atoms with E-state index in [-0.39, 0.29) is 51.6 Å². The first-order valence-corrected chi connectivity index (χ1v) is 10.6. The van der Waals surface area contributed by atoms with Crippen LogP contribution in [0.1, 0.15) is 5.56 Å². The second kappa shape index (κ2) is 9.43. The zero-order valence-corrected chi connectivity index (χ0v) is 17.1. The van der Waals surface area contributed by atoms with E-state index in [4.69, 9.17) is 5.73 Å². The van der Waals surface area contributed by atoms with Crippen molar-refractivity contribution >= 4 is 67.5 Å². The molecule has 0 saturated carbocycles. The van der Waals surface area contributed by atoms with Crippen molar-refractivity contribution in [1.82, 2.24) is 4.98 Å². The van der Waals surface area contributed by atoms with Crippen LogP contribution in [0.5, 0.6) is 0 Å². The Balaban J connectivity index is 0.00000289. The number of hydrogen-bond acceptors (Lipinski definition) is 6. The quantitative estimate of drug-likeness (QED) is 0.193. The molecule has 10 heteroatoms. The van der Waals surface area contributed by atoms with Gasteiger partial charge in [-0.05, 0) is 48.9 Å². The Kier molecular flexibility index (Phi) is 7.06. The first kappa shape index (κ1) is 24.0. The average molecular weight is 460 g/mol. The molecule has 0 bridgehead atoms. The predicted octanol–water partition coefficient (Wildman–Crippen LogP) is 4.95. The summed E-state index contributed by atoms with van der Waals surface area (Å²) in [5.74, 6) is -0.316. The van der Waals surface area contributed by atoms with Crippen molar-refractivity contribution in [3.8, 4) is 11.3 Å². The molecule has 0 radical (unpaired) electrons. The Hall–Kier alpha value is -2.69. The summed E-state index contributed by atoms with van der Waals surface area (Å²) in [6.45, 7) is 1.79. The molecule has 3 aromatic carbocycles. The van der Waals surface area contributed by atoms with E-state index in [0.29, 0.717) is 22.2 Å². The van der Waals surface area contributed by atoms with Crippen LogP contribution in [0.3, 0.4) is 0 Å². The molecule has 1 heterocycles. The molecule has 0 unspecified atom stereocenters. The third-order valence-corrected chi connectivity index (χ3v) is 5.68. The molecule has 0 fully saturated rings. The molecule has 4 rings (SSSR count). The van der Waals surface area contributed by atoms with Gasteiger partial charge in [-0.1, -0.05) is 24.3 Å². The first-order chi connectivity index (χ1) is 14.7. The Bertz CT molecular complexity index is 1440. The Morgan fingerprint density at radius 1 is 1.00 bits per heavy atom. The van der Waals surface area contributed by atoms with Gasteiger partial charge in [0, 0.05) is 16.3 Å². The Morgan fingerprint density at radius 2 is 1.72 bits per heavy atom. The summed E-state index contributed by atoms with van der Waals surface area (Å²) in [6.07, 6.45) is 1.49. The van der Waals surface area contributed by atoms with Crippen LogP contribution in [-0.2, 0) is 10.1 Å². The summed E-state index contributed by atoms with van der Waals surface area (Å²) in [4.78, 5) is 4.04. The number of azo groups is 1. The zero-order valence-electron chi connectivity index (χ0n) is 16.3. The second-order valence-corrected chi connectivity index (χ2v) is 8.28. The number of nitrogens with two attached hydrogens (primary N) is 1. The Morgan fingerprint density at radius 3 is 2.34 bits per heavy atom. The number of halogens is 1. The van der Waals surface area contributed by atoms with Gasteiger partial charge >= 0.3 is 29.6 Å². The van der Waals surface area contributed by atoms with Gasteiger partial charge in [-0.3, -0.25) is 9.54 Å². The summed E-state index contributed by atoms with van der Waals surface area (Å²) in [5, 5.41) is 8.88. The zero-order chi connectivity index (χ0) is 22.2. The van der Waals surface area contributed by atoms with Crippen molar-refractivity contribution in [2.24, 2.45) is 10.2 Å². The molecule has 0 aliphatic carbocycles. The average Bonchev–Trinajstić information content (AvgIpc) is 2.73. The van der Waals surface area contributed by atoms with E-state index in [2.05, 4.69) is 15.2 Å². The van der Waals surface area contributed by atoms with Crippen LogP contribution in [0, 0.1) is 12.7 Å². The van der Waals surface area contributed by atoms with Crippen LogP contribution in [0.4, 0.5) is 21.5 Å². The van der Waals surface area contributed by atoms with Crippen molar-refractivity contribution in [3.05, 3.63) is 78.2 Å². The molecule has 7 nitrogen and oxygen atoms in total. The number of benzene rings is 3. The van der Waals surface area contributed by atoms with Crippen LogP contribution in [-0.4, -0.2) is 47.5 Å². The number of nitrogen functional groups attached to an aromatic ring is 1. The maximum atomic E-state index is 13.3. The van der Waals surface area contributed by atoms with E-state index in [0.717, 1.165) is 11.1 Å². The topological polar surface area (TPSA) is 118 Å². The van der Waals surface area contributed by atoms with E-state index >= 15 is 0 Å². The molecule has 0 aliphatic rings. The van der Waals surface area contributed by atoms with Gasteiger partial charge in [0.05, 0.1) is 17.6 Å². The molecule has 32 heavy (non-hydrogen) atoms. The van der Waals surface area contributed by atoms with E-state index < -0.39 is 10.1 Å². The third-order valence-electron chi connectivity index (χ3n) is 4.79.